The molecule has 1 N–H and O–H groups in total. The maximum atomic E-state index is 12.3. The quantitative estimate of drug-likeness (QED) is 0.343. The molecule has 1 atom stereocenters. The summed E-state index contributed by atoms with van der Waals surface area (Å²) in [5, 5.41) is 22.7. The van der Waals surface area contributed by atoms with E-state index in [1.807, 2.05) is 0 Å². The smallest absolute Gasteiger partial charge is 0.292 e. The Morgan fingerprint density at radius 1 is 1.50 bits per heavy atom. The molecule has 1 fully saturated rings. The molecule has 0 bridgehead atoms. The van der Waals surface area contributed by atoms with E-state index in [1.165, 1.54) is 30.5 Å². The van der Waals surface area contributed by atoms with E-state index in [4.69, 9.17) is 0 Å². The third-order valence-corrected chi connectivity index (χ3v) is 5.80. The number of nitrogens with one attached hydrogen (secondary N) is 1. The summed E-state index contributed by atoms with van der Waals surface area (Å²) in [6.45, 7) is 2.21. The van der Waals surface area contributed by atoms with Crippen LogP contribution in [-0.4, -0.2) is 48.2 Å². The Hall–Kier alpha value is -2.93. The van der Waals surface area contributed by atoms with E-state index >= 15 is 0 Å². The molecule has 1 aliphatic rings. The fraction of sp³-hybridized carbons (Fsp3) is 0.375. The van der Waals surface area contributed by atoms with Crippen molar-refractivity contribution in [1.82, 2.24) is 4.90 Å². The zero-order chi connectivity index (χ0) is 19.3. The van der Waals surface area contributed by atoms with Gasteiger partial charge in [0.15, 0.2) is 9.84 Å². The maximum absolute atomic E-state index is 12.3. The summed E-state index contributed by atoms with van der Waals surface area (Å²) in [5.41, 5.74) is -0.559. The number of rotatable bonds is 6. The zero-order valence-corrected chi connectivity index (χ0v) is 14.9. The van der Waals surface area contributed by atoms with E-state index in [1.54, 1.807) is 17.9 Å². The molecule has 138 valence electrons. The van der Waals surface area contributed by atoms with Crippen LogP contribution in [0, 0.1) is 21.4 Å². The molecule has 0 saturated carbocycles. The van der Waals surface area contributed by atoms with Crippen molar-refractivity contribution in [3.8, 4) is 6.07 Å². The second-order valence-corrected chi connectivity index (χ2v) is 8.00. The summed E-state index contributed by atoms with van der Waals surface area (Å²) in [5.74, 6) is -0.741. The molecule has 1 amide bonds. The van der Waals surface area contributed by atoms with Crippen molar-refractivity contribution >= 4 is 27.1 Å². The topological polar surface area (TPSA) is 133 Å². The number of nitrogens with zero attached hydrogens (tertiary/aromatic N) is 3. The standard InChI is InChI=1S/C16H18N4O5S/c1-2-19(13-7-8-26(24,25)11-13)10-12(9-17)16(21)18-14-5-3-4-6-15(14)20(22)23/h3-6,10,13H,2,7-8,11H2,1H3,(H,18,21)/b12-10-. The van der Waals surface area contributed by atoms with Gasteiger partial charge in [-0.3, -0.25) is 14.9 Å². The number of amides is 1. The van der Waals surface area contributed by atoms with Gasteiger partial charge in [-0.05, 0) is 19.4 Å². The van der Waals surface area contributed by atoms with Crippen LogP contribution in [-0.2, 0) is 14.6 Å². The van der Waals surface area contributed by atoms with Crippen LogP contribution < -0.4 is 5.32 Å². The molecule has 1 aromatic rings. The first-order valence-electron chi connectivity index (χ1n) is 7.90. The van der Waals surface area contributed by atoms with Crippen LogP contribution in [0.4, 0.5) is 11.4 Å². The Labute approximate surface area is 151 Å². The second-order valence-electron chi connectivity index (χ2n) is 5.77. The van der Waals surface area contributed by atoms with Gasteiger partial charge in [-0.1, -0.05) is 12.1 Å². The molecule has 0 spiro atoms. The molecule has 1 aliphatic heterocycles. The lowest BCUT2D eigenvalue weighted by Crippen LogP contribution is -2.32. The van der Waals surface area contributed by atoms with Crippen molar-refractivity contribution in [1.29, 1.82) is 5.26 Å². The highest BCUT2D eigenvalue weighted by molar-refractivity contribution is 7.91. The molecule has 0 aliphatic carbocycles. The number of sulfone groups is 1. The summed E-state index contributed by atoms with van der Waals surface area (Å²) >= 11 is 0. The van der Waals surface area contributed by atoms with Gasteiger partial charge in [0.05, 0.1) is 16.4 Å². The highest BCUT2D eigenvalue weighted by Gasteiger charge is 2.31. The predicted octanol–water partition coefficient (Wildman–Crippen LogP) is 1.45. The van der Waals surface area contributed by atoms with E-state index in [0.717, 1.165) is 0 Å². The molecule has 1 unspecified atom stereocenters. The fourth-order valence-corrected chi connectivity index (χ4v) is 4.47. The molecule has 0 radical (unpaired) electrons. The molecule has 1 heterocycles. The number of nitro benzene ring substituents is 1. The average Bonchev–Trinajstić information content (AvgIpc) is 2.96. The highest BCUT2D eigenvalue weighted by atomic mass is 32.2. The lowest BCUT2D eigenvalue weighted by Gasteiger charge is -2.25. The van der Waals surface area contributed by atoms with E-state index in [9.17, 15) is 28.6 Å². The summed E-state index contributed by atoms with van der Waals surface area (Å²) in [6, 6.07) is 7.07. The molecule has 1 saturated heterocycles. The van der Waals surface area contributed by atoms with Gasteiger partial charge < -0.3 is 10.2 Å². The minimum absolute atomic E-state index is 0.0184. The third-order valence-electron chi connectivity index (χ3n) is 4.05. The van der Waals surface area contributed by atoms with Crippen LogP contribution in [0.3, 0.4) is 0 Å². The fourth-order valence-electron chi connectivity index (χ4n) is 2.72. The number of hydrogen-bond donors (Lipinski definition) is 1. The van der Waals surface area contributed by atoms with Crippen LogP contribution in [0.5, 0.6) is 0 Å². The average molecular weight is 378 g/mol. The summed E-state index contributed by atoms with van der Waals surface area (Å²) in [6.07, 6.45) is 1.74. The summed E-state index contributed by atoms with van der Waals surface area (Å²) < 4.78 is 23.3. The Morgan fingerprint density at radius 3 is 2.73 bits per heavy atom. The zero-order valence-electron chi connectivity index (χ0n) is 14.1. The Morgan fingerprint density at radius 2 is 2.19 bits per heavy atom. The van der Waals surface area contributed by atoms with Gasteiger partial charge in [-0.2, -0.15) is 5.26 Å². The summed E-state index contributed by atoms with van der Waals surface area (Å²) in [4.78, 5) is 24.4. The van der Waals surface area contributed by atoms with Crippen LogP contribution in [0.25, 0.3) is 0 Å². The van der Waals surface area contributed by atoms with Crippen LogP contribution in [0.1, 0.15) is 13.3 Å². The number of nitro groups is 1. The van der Waals surface area contributed by atoms with Crippen molar-refractivity contribution < 1.29 is 18.1 Å². The van der Waals surface area contributed by atoms with Gasteiger partial charge >= 0.3 is 0 Å². The van der Waals surface area contributed by atoms with Crippen molar-refractivity contribution in [2.24, 2.45) is 0 Å². The largest absolute Gasteiger partial charge is 0.372 e. The Balaban J connectivity index is 2.21. The van der Waals surface area contributed by atoms with E-state index in [2.05, 4.69) is 5.32 Å². The van der Waals surface area contributed by atoms with Gasteiger partial charge in [0.25, 0.3) is 11.6 Å². The van der Waals surface area contributed by atoms with Crippen LogP contribution in [0.2, 0.25) is 0 Å². The van der Waals surface area contributed by atoms with Gasteiger partial charge in [0.2, 0.25) is 0 Å². The van der Waals surface area contributed by atoms with E-state index < -0.39 is 20.7 Å². The van der Waals surface area contributed by atoms with Crippen molar-refractivity contribution in [3.63, 3.8) is 0 Å². The predicted molar refractivity (Wildman–Crippen MR) is 94.9 cm³/mol. The molecule has 9 nitrogen and oxygen atoms in total. The number of nitriles is 1. The number of carbonyl (C=O) groups excluding carboxylic acids is 1. The lowest BCUT2D eigenvalue weighted by atomic mass is 10.2. The monoisotopic (exact) mass is 378 g/mol. The number of para-hydroxylation sites is 2. The molecular weight excluding hydrogens is 360 g/mol. The van der Waals surface area contributed by atoms with Crippen molar-refractivity contribution in [2.45, 2.75) is 19.4 Å². The van der Waals surface area contributed by atoms with E-state index in [0.29, 0.717) is 13.0 Å². The highest BCUT2D eigenvalue weighted by Crippen LogP contribution is 2.24. The number of hydrogen-bond acceptors (Lipinski definition) is 7. The Bertz CT molecular complexity index is 888. The SMILES string of the molecule is CCN(/C=C(/C#N)C(=O)Nc1ccccc1[N+](=O)[O-])C1CCS(=O)(=O)C1. The van der Waals surface area contributed by atoms with Crippen molar-refractivity contribution in [3.05, 3.63) is 46.2 Å². The molecule has 26 heavy (non-hydrogen) atoms. The first-order chi connectivity index (χ1) is 12.3. The van der Waals surface area contributed by atoms with Crippen LogP contribution in [0.15, 0.2) is 36.0 Å². The number of benzene rings is 1. The number of anilines is 1. The maximum Gasteiger partial charge on any atom is 0.292 e. The van der Waals surface area contributed by atoms with Gasteiger partial charge in [0.1, 0.15) is 17.3 Å². The minimum Gasteiger partial charge on any atom is -0.372 e. The normalized spacial score (nSPS) is 18.8. The van der Waals surface area contributed by atoms with Crippen molar-refractivity contribution in [2.75, 3.05) is 23.4 Å². The first-order valence-corrected chi connectivity index (χ1v) is 9.72. The lowest BCUT2D eigenvalue weighted by molar-refractivity contribution is -0.383. The molecule has 2 rings (SSSR count). The van der Waals surface area contributed by atoms with E-state index in [-0.39, 0.29) is 34.5 Å². The minimum atomic E-state index is -3.11. The van der Waals surface area contributed by atoms with Gasteiger partial charge in [-0.25, -0.2) is 8.42 Å². The first kappa shape index (κ1) is 19.4. The van der Waals surface area contributed by atoms with Gasteiger partial charge in [-0.15, -0.1) is 0 Å². The molecule has 0 aromatic heterocycles. The second kappa shape index (κ2) is 7.97. The summed E-state index contributed by atoms with van der Waals surface area (Å²) in [7, 11) is -3.11. The number of carbonyl (C=O) groups is 1. The molecule has 10 heteroatoms. The van der Waals surface area contributed by atoms with Crippen LogP contribution >= 0.6 is 0 Å². The third kappa shape index (κ3) is 4.58. The van der Waals surface area contributed by atoms with Gasteiger partial charge in [0, 0.05) is 24.9 Å². The Kier molecular flexibility index (Phi) is 5.94. The molecule has 1 aromatic carbocycles. The molecular formula is C16H18N4O5S.